The molecule has 0 radical (unpaired) electrons. The fraction of sp³-hybridized carbons (Fsp3) is 0.429. The molecule has 1 amide bonds. The lowest BCUT2D eigenvalue weighted by Crippen LogP contribution is -2.33. The summed E-state index contributed by atoms with van der Waals surface area (Å²) in [5.74, 6) is 0.530. The number of ketones is 1. The predicted octanol–water partition coefficient (Wildman–Crippen LogP) is 1.29. The van der Waals surface area contributed by atoms with Gasteiger partial charge in [0.15, 0.2) is 0 Å². The fourth-order valence-electron chi connectivity index (χ4n) is 1.74. The molecule has 0 unspecified atom stereocenters. The van der Waals surface area contributed by atoms with Crippen molar-refractivity contribution in [3.63, 3.8) is 0 Å². The van der Waals surface area contributed by atoms with E-state index in [1.54, 1.807) is 21.3 Å². The van der Waals surface area contributed by atoms with Crippen molar-refractivity contribution in [2.75, 3.05) is 27.8 Å². The summed E-state index contributed by atoms with van der Waals surface area (Å²) < 4.78 is 10.4. The number of methoxy groups -OCH3 is 2. The van der Waals surface area contributed by atoms with Crippen molar-refractivity contribution < 1.29 is 19.1 Å². The molecule has 0 spiro atoms. The van der Waals surface area contributed by atoms with Gasteiger partial charge in [-0.25, -0.2) is 0 Å². The summed E-state index contributed by atoms with van der Waals surface area (Å²) in [6.45, 7) is 1.72. The third kappa shape index (κ3) is 3.98. The lowest BCUT2D eigenvalue weighted by Gasteiger charge is -2.16. The number of hydrogen-bond acceptors (Lipinski definition) is 4. The zero-order valence-electron chi connectivity index (χ0n) is 11.7. The first kappa shape index (κ1) is 15.0. The SMILES string of the molecule is COc1ccc(OC)c(CCN(C)C(=O)C(C)=O)c1. The molecule has 1 aromatic rings. The number of hydrogen-bond donors (Lipinski definition) is 0. The predicted molar refractivity (Wildman–Crippen MR) is 71.6 cm³/mol. The van der Waals surface area contributed by atoms with Crippen molar-refractivity contribution >= 4 is 11.7 Å². The van der Waals surface area contributed by atoms with Crippen LogP contribution in [0.15, 0.2) is 18.2 Å². The van der Waals surface area contributed by atoms with Crippen LogP contribution < -0.4 is 9.47 Å². The van der Waals surface area contributed by atoms with Crippen LogP contribution in [-0.4, -0.2) is 44.4 Å². The van der Waals surface area contributed by atoms with E-state index in [0.29, 0.717) is 13.0 Å². The molecule has 0 aliphatic carbocycles. The maximum absolute atomic E-state index is 11.5. The average Bonchev–Trinajstić information content (AvgIpc) is 2.43. The van der Waals surface area contributed by atoms with Gasteiger partial charge in [0.05, 0.1) is 14.2 Å². The zero-order valence-corrected chi connectivity index (χ0v) is 11.7. The Morgan fingerprint density at radius 2 is 1.89 bits per heavy atom. The average molecular weight is 265 g/mol. The van der Waals surface area contributed by atoms with E-state index in [0.717, 1.165) is 17.1 Å². The van der Waals surface area contributed by atoms with E-state index in [1.807, 2.05) is 18.2 Å². The van der Waals surface area contributed by atoms with Gasteiger partial charge in [-0.05, 0) is 30.2 Å². The van der Waals surface area contributed by atoms with Crippen LogP contribution in [0.3, 0.4) is 0 Å². The van der Waals surface area contributed by atoms with E-state index < -0.39 is 11.7 Å². The normalized spacial score (nSPS) is 9.89. The molecule has 1 aromatic carbocycles. The number of benzene rings is 1. The summed E-state index contributed by atoms with van der Waals surface area (Å²) in [5, 5.41) is 0. The minimum absolute atomic E-state index is 0.446. The summed E-state index contributed by atoms with van der Waals surface area (Å²) in [6.07, 6.45) is 0.593. The lowest BCUT2D eigenvalue weighted by atomic mass is 10.1. The highest BCUT2D eigenvalue weighted by Crippen LogP contribution is 2.24. The van der Waals surface area contributed by atoms with E-state index in [2.05, 4.69) is 0 Å². The van der Waals surface area contributed by atoms with Gasteiger partial charge in [-0.3, -0.25) is 9.59 Å². The molecule has 1 rings (SSSR count). The maximum atomic E-state index is 11.5. The van der Waals surface area contributed by atoms with Crippen molar-refractivity contribution in [3.05, 3.63) is 23.8 Å². The highest BCUT2D eigenvalue weighted by atomic mass is 16.5. The number of likely N-dealkylation sites (N-methyl/N-ethyl adjacent to an activating group) is 1. The van der Waals surface area contributed by atoms with Gasteiger partial charge in [-0.15, -0.1) is 0 Å². The molecule has 19 heavy (non-hydrogen) atoms. The van der Waals surface area contributed by atoms with E-state index in [9.17, 15) is 9.59 Å². The third-order valence-electron chi connectivity index (χ3n) is 2.85. The summed E-state index contributed by atoms with van der Waals surface area (Å²) in [7, 11) is 4.79. The molecule has 0 aliphatic rings. The maximum Gasteiger partial charge on any atom is 0.289 e. The summed E-state index contributed by atoms with van der Waals surface area (Å²) in [5.41, 5.74) is 0.935. The Bertz CT molecular complexity index is 471. The van der Waals surface area contributed by atoms with Gasteiger partial charge in [0.25, 0.3) is 5.91 Å². The van der Waals surface area contributed by atoms with Crippen LogP contribution in [0.25, 0.3) is 0 Å². The highest BCUT2D eigenvalue weighted by molar-refractivity contribution is 6.34. The van der Waals surface area contributed by atoms with Gasteiger partial charge < -0.3 is 14.4 Å². The van der Waals surface area contributed by atoms with Crippen LogP contribution in [0.4, 0.5) is 0 Å². The fourth-order valence-corrected chi connectivity index (χ4v) is 1.74. The molecule has 104 valence electrons. The van der Waals surface area contributed by atoms with Gasteiger partial charge in [0.1, 0.15) is 11.5 Å². The molecule has 0 N–H and O–H groups in total. The summed E-state index contributed by atoms with van der Waals surface area (Å²) >= 11 is 0. The molecule has 0 saturated heterocycles. The van der Waals surface area contributed by atoms with Gasteiger partial charge in [0, 0.05) is 20.5 Å². The van der Waals surface area contributed by atoms with Crippen LogP contribution in [0, 0.1) is 0 Å². The first-order chi connectivity index (χ1) is 8.99. The molecule has 0 aromatic heterocycles. The number of carbonyl (C=O) groups excluding carboxylic acids is 2. The van der Waals surface area contributed by atoms with Crippen LogP contribution in [-0.2, 0) is 16.0 Å². The molecular weight excluding hydrogens is 246 g/mol. The first-order valence-corrected chi connectivity index (χ1v) is 5.96. The molecule has 0 atom stereocenters. The minimum Gasteiger partial charge on any atom is -0.497 e. The monoisotopic (exact) mass is 265 g/mol. The zero-order chi connectivity index (χ0) is 14.4. The Kier molecular flexibility index (Phi) is 5.36. The molecule has 0 heterocycles. The topological polar surface area (TPSA) is 55.8 Å². The van der Waals surface area contributed by atoms with E-state index in [4.69, 9.17) is 9.47 Å². The van der Waals surface area contributed by atoms with Gasteiger partial charge in [-0.2, -0.15) is 0 Å². The summed E-state index contributed by atoms with van der Waals surface area (Å²) in [4.78, 5) is 23.9. The molecule has 5 heteroatoms. The van der Waals surface area contributed by atoms with E-state index in [-0.39, 0.29) is 0 Å². The standard InChI is InChI=1S/C14H19NO4/c1-10(16)14(17)15(2)8-7-11-9-12(18-3)5-6-13(11)19-4/h5-6,9H,7-8H2,1-4H3. The Morgan fingerprint density at radius 1 is 1.21 bits per heavy atom. The quantitative estimate of drug-likeness (QED) is 0.727. The second-order valence-electron chi connectivity index (χ2n) is 4.21. The smallest absolute Gasteiger partial charge is 0.289 e. The molecule has 5 nitrogen and oxygen atoms in total. The first-order valence-electron chi connectivity index (χ1n) is 5.96. The Hall–Kier alpha value is -2.04. The highest BCUT2D eigenvalue weighted by Gasteiger charge is 2.14. The van der Waals surface area contributed by atoms with Crippen LogP contribution in [0.1, 0.15) is 12.5 Å². The second-order valence-corrected chi connectivity index (χ2v) is 4.21. The van der Waals surface area contributed by atoms with Crippen LogP contribution in [0.2, 0.25) is 0 Å². The molecule has 0 saturated carbocycles. The third-order valence-corrected chi connectivity index (χ3v) is 2.85. The van der Waals surface area contributed by atoms with Crippen molar-refractivity contribution in [2.45, 2.75) is 13.3 Å². The number of ether oxygens (including phenoxy) is 2. The Labute approximate surface area is 113 Å². The lowest BCUT2D eigenvalue weighted by molar-refractivity contribution is -0.142. The van der Waals surface area contributed by atoms with Crippen molar-refractivity contribution in [3.8, 4) is 11.5 Å². The van der Waals surface area contributed by atoms with Crippen molar-refractivity contribution in [2.24, 2.45) is 0 Å². The largest absolute Gasteiger partial charge is 0.497 e. The second kappa shape index (κ2) is 6.78. The minimum atomic E-state index is -0.484. The number of carbonyl (C=O) groups is 2. The van der Waals surface area contributed by atoms with Crippen molar-refractivity contribution in [1.82, 2.24) is 4.90 Å². The molecule has 0 bridgehead atoms. The molecule has 0 fully saturated rings. The number of rotatable bonds is 6. The van der Waals surface area contributed by atoms with Gasteiger partial charge in [0.2, 0.25) is 5.78 Å². The number of amides is 1. The molecule has 0 aliphatic heterocycles. The number of Topliss-reactive ketones (excluding diaryl/α,β-unsaturated/α-hetero) is 1. The van der Waals surface area contributed by atoms with Gasteiger partial charge in [-0.1, -0.05) is 0 Å². The van der Waals surface area contributed by atoms with Gasteiger partial charge >= 0.3 is 0 Å². The van der Waals surface area contributed by atoms with Crippen LogP contribution in [0.5, 0.6) is 11.5 Å². The molecular formula is C14H19NO4. The van der Waals surface area contributed by atoms with Crippen LogP contribution >= 0.6 is 0 Å². The Morgan fingerprint density at radius 3 is 2.42 bits per heavy atom. The number of nitrogens with zero attached hydrogens (tertiary/aromatic N) is 1. The van der Waals surface area contributed by atoms with Crippen molar-refractivity contribution in [1.29, 1.82) is 0 Å². The Balaban J connectivity index is 2.76. The van der Waals surface area contributed by atoms with E-state index in [1.165, 1.54) is 11.8 Å². The van der Waals surface area contributed by atoms with E-state index >= 15 is 0 Å². The summed E-state index contributed by atoms with van der Waals surface area (Å²) in [6, 6.07) is 5.50.